The van der Waals surface area contributed by atoms with E-state index in [9.17, 15) is 4.79 Å². The van der Waals surface area contributed by atoms with Crippen LogP contribution in [0.3, 0.4) is 0 Å². The Morgan fingerprint density at radius 2 is 2.04 bits per heavy atom. The zero-order chi connectivity index (χ0) is 15.8. The molecule has 114 valence electrons. The molecule has 23 heavy (non-hydrogen) atoms. The topological polar surface area (TPSA) is 52.7 Å². The molecule has 6 heteroatoms. The molecular formula is C17H14N4OS. The lowest BCUT2D eigenvalue weighted by atomic mass is 10.2. The van der Waals surface area contributed by atoms with Crippen molar-refractivity contribution < 1.29 is 0 Å². The molecule has 0 unspecified atom stereocenters. The maximum Gasteiger partial charge on any atom is 0.262 e. The van der Waals surface area contributed by atoms with Gasteiger partial charge in [0.25, 0.3) is 5.56 Å². The predicted molar refractivity (Wildman–Crippen MR) is 91.6 cm³/mol. The fraction of sp³-hybridized carbons (Fsp3) is 0.118. The van der Waals surface area contributed by atoms with Crippen molar-refractivity contribution in [3.8, 4) is 10.4 Å². The Morgan fingerprint density at radius 1 is 1.22 bits per heavy atom. The molecule has 5 nitrogen and oxygen atoms in total. The van der Waals surface area contributed by atoms with Gasteiger partial charge < -0.3 is 0 Å². The zero-order valence-corrected chi connectivity index (χ0v) is 13.3. The molecule has 0 aliphatic heterocycles. The summed E-state index contributed by atoms with van der Waals surface area (Å²) in [6, 6.07) is 12.0. The molecule has 0 aliphatic rings. The lowest BCUT2D eigenvalue weighted by Crippen LogP contribution is -2.20. The number of fused-ring (bicyclic) bond motifs is 1. The van der Waals surface area contributed by atoms with E-state index >= 15 is 0 Å². The molecule has 0 saturated heterocycles. The van der Waals surface area contributed by atoms with Crippen LogP contribution >= 0.6 is 11.3 Å². The maximum atomic E-state index is 12.7. The van der Waals surface area contributed by atoms with Gasteiger partial charge in [-0.3, -0.25) is 14.0 Å². The van der Waals surface area contributed by atoms with Gasteiger partial charge >= 0.3 is 0 Å². The molecule has 4 rings (SSSR count). The summed E-state index contributed by atoms with van der Waals surface area (Å²) in [5.74, 6) is 0. The number of thiophene rings is 1. The first kappa shape index (κ1) is 13.9. The molecule has 3 aromatic heterocycles. The van der Waals surface area contributed by atoms with E-state index in [0.717, 1.165) is 20.8 Å². The highest BCUT2D eigenvalue weighted by Crippen LogP contribution is 2.30. The molecule has 0 atom stereocenters. The number of hydrogen-bond acceptors (Lipinski definition) is 4. The third kappa shape index (κ3) is 2.57. The Kier molecular flexibility index (Phi) is 3.31. The highest BCUT2D eigenvalue weighted by Gasteiger charge is 2.11. The quantitative estimate of drug-likeness (QED) is 0.583. The van der Waals surface area contributed by atoms with Crippen LogP contribution in [0.25, 0.3) is 20.7 Å². The van der Waals surface area contributed by atoms with Crippen molar-refractivity contribution in [2.45, 2.75) is 6.54 Å². The number of aryl methyl sites for hydroxylation is 1. The van der Waals surface area contributed by atoms with Crippen molar-refractivity contribution in [2.24, 2.45) is 7.05 Å². The van der Waals surface area contributed by atoms with Gasteiger partial charge in [0.1, 0.15) is 4.83 Å². The average molecular weight is 322 g/mol. The van der Waals surface area contributed by atoms with Crippen LogP contribution in [0.2, 0.25) is 0 Å². The summed E-state index contributed by atoms with van der Waals surface area (Å²) in [4.78, 5) is 19.0. The predicted octanol–water partition coefficient (Wildman–Crippen LogP) is 2.91. The van der Waals surface area contributed by atoms with Crippen LogP contribution in [0.1, 0.15) is 5.56 Å². The lowest BCUT2D eigenvalue weighted by molar-refractivity contribution is 0.742. The molecule has 0 bridgehead atoms. The van der Waals surface area contributed by atoms with Crippen LogP contribution < -0.4 is 5.56 Å². The molecule has 0 fully saturated rings. The summed E-state index contributed by atoms with van der Waals surface area (Å²) >= 11 is 1.54. The van der Waals surface area contributed by atoms with Gasteiger partial charge in [-0.25, -0.2) is 4.98 Å². The summed E-state index contributed by atoms with van der Waals surface area (Å²) in [6.07, 6.45) is 5.28. The molecule has 0 amide bonds. The van der Waals surface area contributed by atoms with Gasteiger partial charge in [0.2, 0.25) is 0 Å². The van der Waals surface area contributed by atoms with Crippen LogP contribution in [-0.2, 0) is 13.6 Å². The van der Waals surface area contributed by atoms with E-state index in [1.807, 2.05) is 49.6 Å². The third-order valence-electron chi connectivity index (χ3n) is 3.69. The number of rotatable bonds is 3. The van der Waals surface area contributed by atoms with Crippen LogP contribution in [-0.4, -0.2) is 19.3 Å². The standard InChI is InChI=1S/C17H14N4OS/c1-20-9-12(8-19-20)10-21-11-18-16-14(17(21)22)7-15(23-16)13-5-3-2-4-6-13/h2-9,11H,10H2,1H3. The second kappa shape index (κ2) is 5.48. The maximum absolute atomic E-state index is 12.7. The molecule has 1 aromatic carbocycles. The number of benzene rings is 1. The van der Waals surface area contributed by atoms with Crippen LogP contribution in [0.15, 0.2) is 59.9 Å². The lowest BCUT2D eigenvalue weighted by Gasteiger charge is -2.02. The normalized spacial score (nSPS) is 11.2. The van der Waals surface area contributed by atoms with E-state index in [1.165, 1.54) is 0 Å². The van der Waals surface area contributed by atoms with E-state index in [-0.39, 0.29) is 5.56 Å². The van der Waals surface area contributed by atoms with E-state index in [0.29, 0.717) is 11.9 Å². The van der Waals surface area contributed by atoms with Gasteiger partial charge in [-0.15, -0.1) is 11.3 Å². The van der Waals surface area contributed by atoms with E-state index in [4.69, 9.17) is 0 Å². The van der Waals surface area contributed by atoms with Gasteiger partial charge in [-0.1, -0.05) is 30.3 Å². The average Bonchev–Trinajstić information content (AvgIpc) is 3.18. The van der Waals surface area contributed by atoms with Gasteiger partial charge in [-0.2, -0.15) is 5.10 Å². The molecule has 0 saturated carbocycles. The number of nitrogens with zero attached hydrogens (tertiary/aromatic N) is 4. The molecule has 4 aromatic rings. The molecule has 0 radical (unpaired) electrons. The smallest absolute Gasteiger partial charge is 0.262 e. The number of aromatic nitrogens is 4. The Bertz CT molecular complexity index is 1030. The minimum absolute atomic E-state index is 0.0164. The largest absolute Gasteiger partial charge is 0.294 e. The van der Waals surface area contributed by atoms with Gasteiger partial charge in [0.15, 0.2) is 0 Å². The third-order valence-corrected chi connectivity index (χ3v) is 4.78. The fourth-order valence-corrected chi connectivity index (χ4v) is 3.56. The summed E-state index contributed by atoms with van der Waals surface area (Å²) in [6.45, 7) is 0.478. The van der Waals surface area contributed by atoms with Crippen molar-refractivity contribution in [2.75, 3.05) is 0 Å². The highest BCUT2D eigenvalue weighted by molar-refractivity contribution is 7.21. The van der Waals surface area contributed by atoms with Crippen molar-refractivity contribution in [3.63, 3.8) is 0 Å². The molecule has 0 spiro atoms. The van der Waals surface area contributed by atoms with E-state index in [1.54, 1.807) is 33.1 Å². The van der Waals surface area contributed by atoms with Gasteiger partial charge in [0.05, 0.1) is 24.5 Å². The minimum atomic E-state index is -0.0164. The Hall–Kier alpha value is -2.73. The van der Waals surface area contributed by atoms with Crippen molar-refractivity contribution >= 4 is 21.6 Å². The first-order valence-electron chi connectivity index (χ1n) is 7.22. The second-order valence-electron chi connectivity index (χ2n) is 5.40. The van der Waals surface area contributed by atoms with Crippen molar-refractivity contribution in [3.05, 3.63) is 71.0 Å². The van der Waals surface area contributed by atoms with E-state index in [2.05, 4.69) is 10.1 Å². The number of hydrogen-bond donors (Lipinski definition) is 0. The first-order chi connectivity index (χ1) is 11.2. The van der Waals surface area contributed by atoms with E-state index < -0.39 is 0 Å². The Morgan fingerprint density at radius 3 is 2.78 bits per heavy atom. The fourth-order valence-electron chi connectivity index (χ4n) is 2.57. The van der Waals surface area contributed by atoms with Crippen molar-refractivity contribution in [1.29, 1.82) is 0 Å². The van der Waals surface area contributed by atoms with Gasteiger partial charge in [-0.05, 0) is 11.6 Å². The van der Waals surface area contributed by atoms with Crippen LogP contribution in [0.4, 0.5) is 0 Å². The van der Waals surface area contributed by atoms with Crippen LogP contribution in [0.5, 0.6) is 0 Å². The molecule has 0 aliphatic carbocycles. The monoisotopic (exact) mass is 322 g/mol. The van der Waals surface area contributed by atoms with Crippen molar-refractivity contribution in [1.82, 2.24) is 19.3 Å². The first-order valence-corrected chi connectivity index (χ1v) is 8.04. The minimum Gasteiger partial charge on any atom is -0.294 e. The summed E-state index contributed by atoms with van der Waals surface area (Å²) < 4.78 is 3.35. The van der Waals surface area contributed by atoms with Crippen LogP contribution in [0, 0.1) is 0 Å². The van der Waals surface area contributed by atoms with Gasteiger partial charge in [0, 0.05) is 23.7 Å². The molecular weight excluding hydrogens is 308 g/mol. The summed E-state index contributed by atoms with van der Waals surface area (Å²) in [7, 11) is 1.86. The Labute approximate surface area is 136 Å². The highest BCUT2D eigenvalue weighted by atomic mass is 32.1. The second-order valence-corrected chi connectivity index (χ2v) is 6.43. The summed E-state index contributed by atoms with van der Waals surface area (Å²) in [5.41, 5.74) is 2.07. The summed E-state index contributed by atoms with van der Waals surface area (Å²) in [5, 5.41) is 4.80. The Balaban J connectivity index is 1.77. The molecule has 3 heterocycles. The molecule has 0 N–H and O–H groups in total. The SMILES string of the molecule is Cn1cc(Cn2cnc3sc(-c4ccccc4)cc3c2=O)cn1. The zero-order valence-electron chi connectivity index (χ0n) is 12.5.